The number of carbonyl (C=O) groups is 4. The van der Waals surface area contributed by atoms with Crippen LogP contribution in [0.3, 0.4) is 0 Å². The Morgan fingerprint density at radius 1 is 1.00 bits per heavy atom. The van der Waals surface area contributed by atoms with Crippen LogP contribution < -0.4 is 5.32 Å². The number of aromatic amines is 1. The normalized spacial score (nSPS) is 22.2. The number of amides is 4. The predicted molar refractivity (Wildman–Crippen MR) is 128 cm³/mol. The Morgan fingerprint density at radius 3 is 2.56 bits per heavy atom. The quantitative estimate of drug-likeness (QED) is 0.474. The van der Waals surface area contributed by atoms with Crippen LogP contribution in [0.1, 0.15) is 57.5 Å². The van der Waals surface area contributed by atoms with Gasteiger partial charge in [0.05, 0.1) is 28.4 Å². The third-order valence-electron chi connectivity index (χ3n) is 7.57. The summed E-state index contributed by atoms with van der Waals surface area (Å²) in [6, 6.07) is 10.0. The fourth-order valence-electron chi connectivity index (χ4n) is 5.47. The molecule has 3 aromatic rings. The molecule has 1 atom stereocenters. The van der Waals surface area contributed by atoms with Gasteiger partial charge in [-0.05, 0) is 48.6 Å². The van der Waals surface area contributed by atoms with E-state index in [1.807, 2.05) is 6.07 Å². The van der Waals surface area contributed by atoms with Crippen molar-refractivity contribution in [2.24, 2.45) is 0 Å². The van der Waals surface area contributed by atoms with Crippen molar-refractivity contribution in [1.29, 1.82) is 0 Å². The molecule has 10 nitrogen and oxygen atoms in total. The minimum absolute atomic E-state index is 0.0705. The molecule has 0 radical (unpaired) electrons. The third-order valence-corrected chi connectivity index (χ3v) is 7.57. The lowest BCUT2D eigenvalue weighted by atomic mass is 9.83. The van der Waals surface area contributed by atoms with Crippen molar-refractivity contribution in [3.63, 3.8) is 0 Å². The second-order valence-corrected chi connectivity index (χ2v) is 9.81. The maximum atomic E-state index is 13.1. The SMILES string of the molecule is O=C1CCC(N2C(=O)c3ccc(C4(O)CCN(Cc5ccc6cn[nH]c6c5)CC4)cc3C2=O)C(=O)N1. The second-order valence-electron chi connectivity index (χ2n) is 9.81. The van der Waals surface area contributed by atoms with Crippen molar-refractivity contribution >= 4 is 34.5 Å². The van der Waals surface area contributed by atoms with Gasteiger partial charge in [0.25, 0.3) is 11.8 Å². The lowest BCUT2D eigenvalue weighted by molar-refractivity contribution is -0.136. The number of aliphatic hydroxyl groups is 1. The number of H-pyrrole nitrogens is 1. The average Bonchev–Trinajstić information content (AvgIpc) is 3.43. The molecule has 0 aliphatic carbocycles. The number of carbonyl (C=O) groups excluding carboxylic acids is 4. The van der Waals surface area contributed by atoms with Crippen LogP contribution in [0.15, 0.2) is 42.6 Å². The van der Waals surface area contributed by atoms with Crippen molar-refractivity contribution < 1.29 is 24.3 Å². The summed E-state index contributed by atoms with van der Waals surface area (Å²) in [5, 5.41) is 21.8. The van der Waals surface area contributed by atoms with Crippen LogP contribution in [0, 0.1) is 0 Å². The van der Waals surface area contributed by atoms with Crippen LogP contribution in [0.2, 0.25) is 0 Å². The van der Waals surface area contributed by atoms with Gasteiger partial charge in [-0.2, -0.15) is 5.10 Å². The summed E-state index contributed by atoms with van der Waals surface area (Å²) in [4.78, 5) is 53.1. The van der Waals surface area contributed by atoms with E-state index in [2.05, 4.69) is 32.5 Å². The number of hydrogen-bond acceptors (Lipinski definition) is 7. The fraction of sp³-hybridized carbons (Fsp3) is 0.346. The Labute approximate surface area is 206 Å². The van der Waals surface area contributed by atoms with Gasteiger partial charge in [0.2, 0.25) is 11.8 Å². The minimum Gasteiger partial charge on any atom is -0.385 e. The van der Waals surface area contributed by atoms with Gasteiger partial charge in [-0.3, -0.25) is 39.4 Å². The summed E-state index contributed by atoms with van der Waals surface area (Å²) in [6.45, 7) is 2.09. The van der Waals surface area contributed by atoms with Gasteiger partial charge in [-0.15, -0.1) is 0 Å². The number of benzene rings is 2. The molecule has 6 rings (SSSR count). The molecule has 2 saturated heterocycles. The van der Waals surface area contributed by atoms with Crippen LogP contribution in [-0.4, -0.2) is 67.9 Å². The van der Waals surface area contributed by atoms with Gasteiger partial charge in [0.1, 0.15) is 6.04 Å². The summed E-state index contributed by atoms with van der Waals surface area (Å²) in [5.41, 5.74) is 2.02. The van der Waals surface area contributed by atoms with E-state index in [1.165, 1.54) is 0 Å². The number of imide groups is 2. The molecule has 1 unspecified atom stereocenters. The first-order valence-electron chi connectivity index (χ1n) is 12.1. The zero-order chi connectivity index (χ0) is 25.0. The largest absolute Gasteiger partial charge is 0.385 e. The van der Waals surface area contributed by atoms with Crippen LogP contribution in [0.25, 0.3) is 10.9 Å². The Hall–Kier alpha value is -3.89. The zero-order valence-corrected chi connectivity index (χ0v) is 19.5. The zero-order valence-electron chi connectivity index (χ0n) is 19.5. The van der Waals surface area contributed by atoms with E-state index in [-0.39, 0.29) is 24.0 Å². The van der Waals surface area contributed by atoms with Crippen molar-refractivity contribution in [2.45, 2.75) is 43.9 Å². The van der Waals surface area contributed by atoms with E-state index in [9.17, 15) is 24.3 Å². The number of rotatable bonds is 4. The van der Waals surface area contributed by atoms with Crippen LogP contribution in [-0.2, 0) is 21.7 Å². The number of aromatic nitrogens is 2. The first-order valence-corrected chi connectivity index (χ1v) is 12.1. The van der Waals surface area contributed by atoms with Crippen LogP contribution >= 0.6 is 0 Å². The number of fused-ring (bicyclic) bond motifs is 2. The van der Waals surface area contributed by atoms with Crippen LogP contribution in [0.5, 0.6) is 0 Å². The first kappa shape index (κ1) is 22.6. The van der Waals surface area contributed by atoms with E-state index in [4.69, 9.17) is 0 Å². The number of piperidine rings is 2. The number of hydrogen-bond donors (Lipinski definition) is 3. The van der Waals surface area contributed by atoms with Crippen molar-refractivity contribution in [3.8, 4) is 0 Å². The Balaban J connectivity index is 1.17. The maximum absolute atomic E-state index is 13.1. The highest BCUT2D eigenvalue weighted by atomic mass is 16.3. The molecule has 4 heterocycles. The predicted octanol–water partition coefficient (Wildman–Crippen LogP) is 1.45. The third kappa shape index (κ3) is 3.69. The molecular weight excluding hydrogens is 462 g/mol. The molecule has 10 heteroatoms. The van der Waals surface area contributed by atoms with Gasteiger partial charge in [-0.1, -0.05) is 18.2 Å². The van der Waals surface area contributed by atoms with E-state index in [1.54, 1.807) is 24.4 Å². The van der Waals surface area contributed by atoms with E-state index in [0.29, 0.717) is 31.5 Å². The van der Waals surface area contributed by atoms with Gasteiger partial charge in [-0.25, -0.2) is 0 Å². The number of nitrogens with one attached hydrogen (secondary N) is 2. The summed E-state index contributed by atoms with van der Waals surface area (Å²) >= 11 is 0. The highest BCUT2D eigenvalue weighted by Crippen LogP contribution is 2.37. The molecule has 184 valence electrons. The van der Waals surface area contributed by atoms with E-state index >= 15 is 0 Å². The van der Waals surface area contributed by atoms with Crippen molar-refractivity contribution in [1.82, 2.24) is 25.3 Å². The average molecular weight is 488 g/mol. The van der Waals surface area contributed by atoms with Gasteiger partial charge in [0.15, 0.2) is 0 Å². The Kier molecular flexibility index (Phi) is 5.24. The van der Waals surface area contributed by atoms with Gasteiger partial charge in [0, 0.05) is 31.4 Å². The Morgan fingerprint density at radius 2 is 1.78 bits per heavy atom. The molecule has 36 heavy (non-hydrogen) atoms. The highest BCUT2D eigenvalue weighted by Gasteiger charge is 2.45. The molecule has 3 aliphatic rings. The molecule has 4 amide bonds. The lowest BCUT2D eigenvalue weighted by Crippen LogP contribution is -2.54. The van der Waals surface area contributed by atoms with Gasteiger partial charge < -0.3 is 5.11 Å². The topological polar surface area (TPSA) is 136 Å². The summed E-state index contributed by atoms with van der Waals surface area (Å²) < 4.78 is 0. The summed E-state index contributed by atoms with van der Waals surface area (Å²) in [5.74, 6) is -2.17. The Bertz CT molecular complexity index is 1420. The van der Waals surface area contributed by atoms with Crippen LogP contribution in [0.4, 0.5) is 0 Å². The molecule has 1 aromatic heterocycles. The maximum Gasteiger partial charge on any atom is 0.262 e. The standard InChI is InChI=1S/C26H25N5O5/c32-22-6-5-21(23(33)28-22)31-24(34)18-4-3-17(12-19(18)25(31)35)26(36)7-9-30(10-8-26)14-15-1-2-16-13-27-29-20(16)11-15/h1-4,11-13,21,36H,5-10,14H2,(H,27,29)(H,28,32,33). The van der Waals surface area contributed by atoms with E-state index in [0.717, 1.165) is 27.9 Å². The molecule has 3 N–H and O–H groups in total. The smallest absolute Gasteiger partial charge is 0.262 e. The molecule has 2 fully saturated rings. The summed E-state index contributed by atoms with van der Waals surface area (Å²) in [6.07, 6.45) is 2.93. The fourth-order valence-corrected chi connectivity index (χ4v) is 5.47. The lowest BCUT2D eigenvalue weighted by Gasteiger charge is -2.38. The molecule has 0 bridgehead atoms. The minimum atomic E-state index is -1.12. The molecule has 0 saturated carbocycles. The monoisotopic (exact) mass is 487 g/mol. The number of likely N-dealkylation sites (tertiary alicyclic amines) is 1. The highest BCUT2D eigenvalue weighted by molar-refractivity contribution is 6.23. The second kappa shape index (κ2) is 8.35. The molecular formula is C26H25N5O5. The van der Waals surface area contributed by atoms with E-state index < -0.39 is 35.3 Å². The molecule has 0 spiro atoms. The first-order chi connectivity index (χ1) is 17.3. The van der Waals surface area contributed by atoms with Crippen molar-refractivity contribution in [2.75, 3.05) is 13.1 Å². The number of nitrogens with zero attached hydrogens (tertiary/aromatic N) is 3. The molecule has 2 aromatic carbocycles. The summed E-state index contributed by atoms with van der Waals surface area (Å²) in [7, 11) is 0. The molecule has 3 aliphatic heterocycles. The van der Waals surface area contributed by atoms with Gasteiger partial charge >= 0.3 is 0 Å². The van der Waals surface area contributed by atoms with Crippen molar-refractivity contribution in [3.05, 3.63) is 64.8 Å².